The molecule has 2 heterocycles. The molecule has 156 valence electrons. The van der Waals surface area contributed by atoms with Crippen molar-refractivity contribution in [3.63, 3.8) is 0 Å². The van der Waals surface area contributed by atoms with Crippen LogP contribution in [0.1, 0.15) is 62.4 Å². The van der Waals surface area contributed by atoms with Crippen LogP contribution >= 0.6 is 0 Å². The van der Waals surface area contributed by atoms with Crippen LogP contribution in [0.25, 0.3) is 22.2 Å². The number of oxazole rings is 1. The number of fused-ring (bicyclic) bond motifs is 1. The number of rotatable bonds is 3. The first-order chi connectivity index (χ1) is 14.7. The van der Waals surface area contributed by atoms with E-state index in [-0.39, 0.29) is 12.1 Å². The van der Waals surface area contributed by atoms with Gasteiger partial charge in [0.2, 0.25) is 5.89 Å². The van der Waals surface area contributed by atoms with Gasteiger partial charge in [-0.15, -0.1) is 0 Å². The van der Waals surface area contributed by atoms with E-state index in [0.29, 0.717) is 11.9 Å². The minimum Gasteiger partial charge on any atom is -0.438 e. The number of aromatic nitrogens is 1. The predicted molar refractivity (Wildman–Crippen MR) is 118 cm³/mol. The van der Waals surface area contributed by atoms with Crippen molar-refractivity contribution < 1.29 is 9.21 Å². The van der Waals surface area contributed by atoms with Crippen LogP contribution in [0.2, 0.25) is 0 Å². The number of amides is 2. The van der Waals surface area contributed by atoms with Gasteiger partial charge in [0.25, 0.3) is 0 Å². The van der Waals surface area contributed by atoms with Gasteiger partial charge in [0, 0.05) is 12.6 Å². The number of hydrogen-bond donors (Lipinski definition) is 1. The van der Waals surface area contributed by atoms with Crippen molar-refractivity contribution >= 4 is 17.1 Å². The van der Waals surface area contributed by atoms with Crippen LogP contribution in [0, 0.1) is 6.92 Å². The van der Waals surface area contributed by atoms with Gasteiger partial charge >= 0.3 is 6.03 Å². The van der Waals surface area contributed by atoms with Crippen LogP contribution in [0.15, 0.2) is 46.9 Å². The van der Waals surface area contributed by atoms with Gasteiger partial charge in [-0.1, -0.05) is 49.6 Å². The monoisotopic (exact) mass is 403 g/mol. The Morgan fingerprint density at radius 3 is 2.73 bits per heavy atom. The quantitative estimate of drug-likeness (QED) is 0.585. The molecule has 1 atom stereocenters. The molecule has 2 aromatic carbocycles. The van der Waals surface area contributed by atoms with Crippen molar-refractivity contribution in [1.82, 2.24) is 15.2 Å². The van der Waals surface area contributed by atoms with E-state index in [1.165, 1.54) is 30.4 Å². The first-order valence-electron chi connectivity index (χ1n) is 11.2. The molecule has 0 unspecified atom stereocenters. The highest BCUT2D eigenvalue weighted by atomic mass is 16.4. The SMILES string of the molecule is Cc1ccccc1-c1ccc2oc([C@@H]3CCCN3C(=O)NC3CCCCC3)nc2c1. The van der Waals surface area contributed by atoms with E-state index < -0.39 is 0 Å². The Kier molecular flexibility index (Phi) is 5.19. The fourth-order valence-electron chi connectivity index (χ4n) is 4.92. The van der Waals surface area contributed by atoms with Gasteiger partial charge in [0.1, 0.15) is 11.6 Å². The molecule has 2 amide bonds. The third kappa shape index (κ3) is 3.69. The fraction of sp³-hybridized carbons (Fsp3) is 0.440. The summed E-state index contributed by atoms with van der Waals surface area (Å²) in [6, 6.07) is 14.8. The largest absolute Gasteiger partial charge is 0.438 e. The Bertz CT molecular complexity index is 1050. The van der Waals surface area contributed by atoms with Gasteiger partial charge in [-0.2, -0.15) is 0 Å². The lowest BCUT2D eigenvalue weighted by atomic mass is 9.96. The summed E-state index contributed by atoms with van der Waals surface area (Å²) in [5, 5.41) is 3.25. The topological polar surface area (TPSA) is 58.4 Å². The second-order valence-corrected chi connectivity index (χ2v) is 8.69. The van der Waals surface area contributed by atoms with E-state index in [0.717, 1.165) is 48.9 Å². The summed E-state index contributed by atoms with van der Waals surface area (Å²) in [7, 11) is 0. The van der Waals surface area contributed by atoms with E-state index in [9.17, 15) is 4.79 Å². The zero-order valence-corrected chi connectivity index (χ0v) is 17.6. The molecule has 2 fully saturated rings. The minimum atomic E-state index is -0.0806. The molecular weight excluding hydrogens is 374 g/mol. The van der Waals surface area contributed by atoms with Gasteiger partial charge in [-0.25, -0.2) is 9.78 Å². The zero-order chi connectivity index (χ0) is 20.5. The number of likely N-dealkylation sites (tertiary alicyclic amines) is 1. The van der Waals surface area contributed by atoms with Crippen molar-refractivity contribution in [1.29, 1.82) is 0 Å². The van der Waals surface area contributed by atoms with E-state index >= 15 is 0 Å². The number of nitrogens with zero attached hydrogens (tertiary/aromatic N) is 2. The molecule has 1 aromatic heterocycles. The predicted octanol–water partition coefficient (Wildman–Crippen LogP) is 5.98. The zero-order valence-electron chi connectivity index (χ0n) is 17.6. The van der Waals surface area contributed by atoms with Crippen LogP contribution in [-0.2, 0) is 0 Å². The number of carbonyl (C=O) groups excluding carboxylic acids is 1. The second kappa shape index (κ2) is 8.13. The molecular formula is C25H29N3O2. The molecule has 0 spiro atoms. The third-order valence-electron chi connectivity index (χ3n) is 6.59. The summed E-state index contributed by atoms with van der Waals surface area (Å²) < 4.78 is 6.11. The molecule has 1 saturated carbocycles. The van der Waals surface area contributed by atoms with Crippen LogP contribution in [-0.4, -0.2) is 28.5 Å². The highest BCUT2D eigenvalue weighted by Gasteiger charge is 2.34. The smallest absolute Gasteiger partial charge is 0.318 e. The van der Waals surface area contributed by atoms with Gasteiger partial charge < -0.3 is 14.6 Å². The standard InChI is InChI=1S/C25H29N3O2/c1-17-8-5-6-11-20(17)18-13-14-23-21(16-18)27-24(30-23)22-12-7-15-28(22)25(29)26-19-9-3-2-4-10-19/h5-6,8,11,13-14,16,19,22H,2-4,7,9-10,12,15H2,1H3,(H,26,29)/t22-/m0/s1. The lowest BCUT2D eigenvalue weighted by Crippen LogP contribution is -2.45. The molecule has 1 N–H and O–H groups in total. The molecule has 0 radical (unpaired) electrons. The summed E-state index contributed by atoms with van der Waals surface area (Å²) in [5.74, 6) is 0.656. The second-order valence-electron chi connectivity index (χ2n) is 8.69. The van der Waals surface area contributed by atoms with Crippen LogP contribution in [0.5, 0.6) is 0 Å². The molecule has 5 heteroatoms. The number of nitrogens with one attached hydrogen (secondary N) is 1. The molecule has 3 aromatic rings. The summed E-state index contributed by atoms with van der Waals surface area (Å²) in [6.45, 7) is 2.88. The Balaban J connectivity index is 1.38. The maximum absolute atomic E-state index is 12.9. The van der Waals surface area contributed by atoms with Gasteiger partial charge in [0.15, 0.2) is 5.58 Å². The first kappa shape index (κ1) is 19.2. The number of benzene rings is 2. The average molecular weight is 404 g/mol. The van der Waals surface area contributed by atoms with E-state index in [1.54, 1.807) is 0 Å². The van der Waals surface area contributed by atoms with E-state index in [2.05, 4.69) is 48.6 Å². The lowest BCUT2D eigenvalue weighted by molar-refractivity contribution is 0.178. The molecule has 0 bridgehead atoms. The summed E-state index contributed by atoms with van der Waals surface area (Å²) in [5.41, 5.74) is 5.21. The Morgan fingerprint density at radius 2 is 1.90 bits per heavy atom. The van der Waals surface area contributed by atoms with E-state index in [1.807, 2.05) is 11.0 Å². The maximum atomic E-state index is 12.9. The van der Waals surface area contributed by atoms with E-state index in [4.69, 9.17) is 9.40 Å². The van der Waals surface area contributed by atoms with Crippen molar-refractivity contribution in [2.75, 3.05) is 6.54 Å². The summed E-state index contributed by atoms with van der Waals surface area (Å²) >= 11 is 0. The molecule has 5 rings (SSSR count). The van der Waals surface area contributed by atoms with Crippen molar-refractivity contribution in [3.8, 4) is 11.1 Å². The van der Waals surface area contributed by atoms with Crippen molar-refractivity contribution in [2.24, 2.45) is 0 Å². The fourth-order valence-corrected chi connectivity index (χ4v) is 4.92. The van der Waals surface area contributed by atoms with Gasteiger partial charge in [0.05, 0.1) is 0 Å². The van der Waals surface area contributed by atoms with Gasteiger partial charge in [-0.3, -0.25) is 0 Å². The van der Waals surface area contributed by atoms with Gasteiger partial charge in [-0.05, 0) is 61.4 Å². The first-order valence-corrected chi connectivity index (χ1v) is 11.2. The number of urea groups is 1. The average Bonchev–Trinajstić information content (AvgIpc) is 3.41. The molecule has 2 aliphatic rings. The summed E-state index contributed by atoms with van der Waals surface area (Å²) in [4.78, 5) is 19.7. The lowest BCUT2D eigenvalue weighted by Gasteiger charge is -2.28. The maximum Gasteiger partial charge on any atom is 0.318 e. The molecule has 5 nitrogen and oxygen atoms in total. The van der Waals surface area contributed by atoms with Crippen LogP contribution in [0.4, 0.5) is 4.79 Å². The Morgan fingerprint density at radius 1 is 1.07 bits per heavy atom. The highest BCUT2D eigenvalue weighted by molar-refractivity contribution is 5.81. The number of aryl methyl sites for hydroxylation is 1. The molecule has 1 aliphatic carbocycles. The third-order valence-corrected chi connectivity index (χ3v) is 6.59. The van der Waals surface area contributed by atoms with Crippen LogP contribution < -0.4 is 5.32 Å². The minimum absolute atomic E-state index is 0.0345. The van der Waals surface area contributed by atoms with Crippen LogP contribution in [0.3, 0.4) is 0 Å². The van der Waals surface area contributed by atoms with Crippen molar-refractivity contribution in [3.05, 3.63) is 53.9 Å². The number of carbonyl (C=O) groups is 1. The highest BCUT2D eigenvalue weighted by Crippen LogP contribution is 2.35. The summed E-state index contributed by atoms with van der Waals surface area (Å²) in [6.07, 6.45) is 7.77. The molecule has 1 aliphatic heterocycles. The molecule has 1 saturated heterocycles. The Labute approximate surface area is 177 Å². The molecule has 30 heavy (non-hydrogen) atoms. The van der Waals surface area contributed by atoms with Crippen molar-refractivity contribution in [2.45, 2.75) is 64.0 Å². The Hall–Kier alpha value is -2.82. The number of hydrogen-bond acceptors (Lipinski definition) is 3. The normalized spacial score (nSPS) is 20.0.